The molecule has 7 heteroatoms. The summed E-state index contributed by atoms with van der Waals surface area (Å²) in [7, 11) is 0. The molecule has 4 aliphatic rings. The maximum Gasteiger partial charge on any atom is 0.224 e. The normalized spacial score (nSPS) is 31.2. The maximum atomic E-state index is 13.7. The first-order chi connectivity index (χ1) is 17.4. The van der Waals surface area contributed by atoms with Gasteiger partial charge in [-0.15, -0.1) is 0 Å². The predicted octanol–water partition coefficient (Wildman–Crippen LogP) is 4.12. The highest BCUT2D eigenvalue weighted by molar-refractivity contribution is 5.86. The number of amides is 2. The van der Waals surface area contributed by atoms with E-state index in [1.165, 1.54) is 44.9 Å². The number of likely N-dealkylation sites (tertiary alicyclic amines) is 1. The van der Waals surface area contributed by atoms with Crippen molar-refractivity contribution in [2.45, 2.75) is 102 Å². The molecule has 0 radical (unpaired) electrons. The summed E-state index contributed by atoms with van der Waals surface area (Å²) in [5.41, 5.74) is -0.839. The zero-order valence-corrected chi connectivity index (χ0v) is 22.7. The molecule has 0 bridgehead atoms. The van der Waals surface area contributed by atoms with Crippen LogP contribution in [0.3, 0.4) is 0 Å². The van der Waals surface area contributed by atoms with E-state index in [4.69, 9.17) is 4.74 Å². The minimum atomic E-state index is -0.839. The predicted molar refractivity (Wildman–Crippen MR) is 140 cm³/mol. The Morgan fingerprint density at radius 2 is 1.81 bits per heavy atom. The molecule has 0 spiro atoms. The van der Waals surface area contributed by atoms with Crippen molar-refractivity contribution in [1.82, 2.24) is 15.1 Å². The average molecular weight is 501 g/mol. The van der Waals surface area contributed by atoms with E-state index in [2.05, 4.69) is 30.1 Å². The van der Waals surface area contributed by atoms with Crippen molar-refractivity contribution in [3.05, 3.63) is 0 Å². The van der Waals surface area contributed by atoms with Crippen LogP contribution in [0.5, 0.6) is 0 Å². The van der Waals surface area contributed by atoms with Gasteiger partial charge in [-0.05, 0) is 43.4 Å². The monoisotopic (exact) mass is 500 g/mol. The molecule has 0 aromatic carbocycles. The van der Waals surface area contributed by atoms with Gasteiger partial charge in [0.15, 0.2) is 0 Å². The fourth-order valence-electron chi connectivity index (χ4n) is 7.11. The van der Waals surface area contributed by atoms with Crippen LogP contribution in [-0.2, 0) is 14.3 Å². The molecule has 0 aromatic rings. The van der Waals surface area contributed by atoms with E-state index in [0.717, 1.165) is 31.7 Å². The van der Waals surface area contributed by atoms with Crippen molar-refractivity contribution >= 4 is 11.8 Å². The lowest BCUT2D eigenvalue weighted by Gasteiger charge is -2.37. The van der Waals surface area contributed by atoms with Crippen LogP contribution in [0.15, 0.2) is 0 Å². The van der Waals surface area contributed by atoms with Crippen molar-refractivity contribution in [2.24, 2.45) is 23.7 Å². The first-order valence-electron chi connectivity index (χ1n) is 14.7. The van der Waals surface area contributed by atoms with Crippen LogP contribution < -0.4 is 5.32 Å². The van der Waals surface area contributed by atoms with Crippen LogP contribution in [0.2, 0.25) is 0 Å². The number of carbonyl (C=O) groups excluding carboxylic acids is 2. The maximum absolute atomic E-state index is 13.7. The smallest absolute Gasteiger partial charge is 0.224 e. The lowest BCUT2D eigenvalue weighted by atomic mass is 9.79. The first-order valence-corrected chi connectivity index (χ1v) is 14.7. The lowest BCUT2D eigenvalue weighted by Crippen LogP contribution is -2.53. The highest BCUT2D eigenvalue weighted by Crippen LogP contribution is 2.36. The van der Waals surface area contributed by atoms with Gasteiger partial charge in [-0.3, -0.25) is 14.5 Å². The molecule has 2 amide bonds. The Morgan fingerprint density at radius 1 is 1.06 bits per heavy atom. The number of hydrogen-bond acceptors (Lipinski definition) is 5. The molecule has 1 N–H and O–H groups in total. The van der Waals surface area contributed by atoms with Crippen LogP contribution in [-0.4, -0.2) is 72.6 Å². The minimum Gasteiger partial charge on any atom is -0.378 e. The van der Waals surface area contributed by atoms with E-state index >= 15 is 0 Å². The van der Waals surface area contributed by atoms with Gasteiger partial charge in [-0.1, -0.05) is 58.8 Å². The highest BCUT2D eigenvalue weighted by atomic mass is 16.5. The Balaban J connectivity index is 1.40. The number of ether oxygens (including phenoxy) is 1. The highest BCUT2D eigenvalue weighted by Gasteiger charge is 2.44. The van der Waals surface area contributed by atoms with E-state index in [1.54, 1.807) is 0 Å². The van der Waals surface area contributed by atoms with Crippen molar-refractivity contribution in [1.29, 1.82) is 5.26 Å². The SMILES string of the molecule is CC(C)[C@H]1CCC[C@@H](N2CC[C@@](C#N)(NC(=O)[C@@H](CC(=O)N3CCOCC3)CC3CCCCC3)C2)C1. The zero-order chi connectivity index (χ0) is 25.5. The van der Waals surface area contributed by atoms with Gasteiger partial charge >= 0.3 is 0 Å². The van der Waals surface area contributed by atoms with Gasteiger partial charge in [0.2, 0.25) is 11.8 Å². The van der Waals surface area contributed by atoms with Gasteiger partial charge in [0.05, 0.1) is 19.3 Å². The standard InChI is InChI=1S/C29H48N4O3/c1-22(2)24-9-6-10-26(18-24)33-12-11-29(20-30,21-33)31-28(35)25(17-23-7-4-3-5-8-23)19-27(34)32-13-15-36-16-14-32/h22-26H,3-19,21H2,1-2H3,(H,31,35)/t24-,25+,26+,29-/m0/s1. The van der Waals surface area contributed by atoms with E-state index in [0.29, 0.717) is 57.1 Å². The van der Waals surface area contributed by atoms with Crippen LogP contribution in [0.1, 0.15) is 90.9 Å². The molecule has 36 heavy (non-hydrogen) atoms. The molecule has 202 valence electrons. The molecule has 2 saturated heterocycles. The van der Waals surface area contributed by atoms with Crippen LogP contribution >= 0.6 is 0 Å². The third-order valence-electron chi connectivity index (χ3n) is 9.52. The van der Waals surface area contributed by atoms with Crippen molar-refractivity contribution < 1.29 is 14.3 Å². The number of rotatable bonds is 8. The Morgan fingerprint density at radius 3 is 2.50 bits per heavy atom. The summed E-state index contributed by atoms with van der Waals surface area (Å²) in [6, 6.07) is 3.01. The number of morpholine rings is 1. The summed E-state index contributed by atoms with van der Waals surface area (Å²) in [4.78, 5) is 31.1. The third-order valence-corrected chi connectivity index (χ3v) is 9.52. The molecule has 4 rings (SSSR count). The molecular weight excluding hydrogens is 452 g/mol. The molecule has 0 aromatic heterocycles. The quantitative estimate of drug-likeness (QED) is 0.542. The van der Waals surface area contributed by atoms with Gasteiger partial charge in [0.25, 0.3) is 0 Å². The number of carbonyl (C=O) groups is 2. The van der Waals surface area contributed by atoms with Gasteiger partial charge in [0, 0.05) is 44.6 Å². The van der Waals surface area contributed by atoms with E-state index in [1.807, 2.05) is 4.90 Å². The Kier molecular flexibility index (Phi) is 9.69. The second-order valence-corrected chi connectivity index (χ2v) is 12.4. The molecule has 2 saturated carbocycles. The summed E-state index contributed by atoms with van der Waals surface area (Å²) in [6.45, 7) is 8.46. The van der Waals surface area contributed by atoms with Gasteiger partial charge in [0.1, 0.15) is 5.54 Å². The molecule has 7 nitrogen and oxygen atoms in total. The summed E-state index contributed by atoms with van der Waals surface area (Å²) in [5.74, 6) is 1.55. The molecule has 4 atom stereocenters. The average Bonchev–Trinajstić information content (AvgIpc) is 3.34. The Labute approximate surface area is 218 Å². The van der Waals surface area contributed by atoms with E-state index < -0.39 is 5.54 Å². The topological polar surface area (TPSA) is 85.7 Å². The Bertz CT molecular complexity index is 784. The molecule has 4 fully saturated rings. The third kappa shape index (κ3) is 7.01. The van der Waals surface area contributed by atoms with E-state index in [-0.39, 0.29) is 24.2 Å². The van der Waals surface area contributed by atoms with Crippen LogP contribution in [0.25, 0.3) is 0 Å². The minimum absolute atomic E-state index is 0.0512. The fraction of sp³-hybridized carbons (Fsp3) is 0.897. The van der Waals surface area contributed by atoms with Crippen molar-refractivity contribution in [3.63, 3.8) is 0 Å². The van der Waals surface area contributed by atoms with Crippen LogP contribution in [0.4, 0.5) is 0 Å². The van der Waals surface area contributed by atoms with Gasteiger partial charge in [-0.2, -0.15) is 5.26 Å². The fourth-order valence-corrected chi connectivity index (χ4v) is 7.11. The molecular formula is C29H48N4O3. The van der Waals surface area contributed by atoms with Crippen molar-refractivity contribution in [3.8, 4) is 6.07 Å². The Hall–Kier alpha value is -1.65. The zero-order valence-electron chi connectivity index (χ0n) is 22.7. The second-order valence-electron chi connectivity index (χ2n) is 12.4. The molecule has 0 unspecified atom stereocenters. The summed E-state index contributed by atoms with van der Waals surface area (Å²) < 4.78 is 5.41. The van der Waals surface area contributed by atoms with E-state index in [9.17, 15) is 14.9 Å². The molecule has 2 aliphatic heterocycles. The van der Waals surface area contributed by atoms with Gasteiger partial charge < -0.3 is 15.0 Å². The second kappa shape index (κ2) is 12.7. The number of nitrogens with one attached hydrogen (secondary N) is 1. The largest absolute Gasteiger partial charge is 0.378 e. The lowest BCUT2D eigenvalue weighted by molar-refractivity contribution is -0.140. The summed E-state index contributed by atoms with van der Waals surface area (Å²) in [5, 5.41) is 13.4. The number of nitriles is 1. The summed E-state index contributed by atoms with van der Waals surface area (Å²) >= 11 is 0. The number of nitrogens with zero attached hydrogens (tertiary/aromatic N) is 3. The summed E-state index contributed by atoms with van der Waals surface area (Å²) in [6.07, 6.45) is 12.6. The molecule has 2 aliphatic carbocycles. The van der Waals surface area contributed by atoms with Crippen LogP contribution in [0, 0.1) is 35.0 Å². The first kappa shape index (κ1) is 27.4. The van der Waals surface area contributed by atoms with Gasteiger partial charge in [-0.25, -0.2) is 0 Å². The number of hydrogen-bond donors (Lipinski definition) is 1. The van der Waals surface area contributed by atoms with Crippen molar-refractivity contribution in [2.75, 3.05) is 39.4 Å². The molecule has 2 heterocycles.